The molecule has 3 nitrogen and oxygen atoms in total. The fraction of sp³-hybridized carbons (Fsp3) is 0.571. The van der Waals surface area contributed by atoms with Crippen molar-refractivity contribution in [2.24, 2.45) is 11.1 Å². The first-order valence-electron chi connectivity index (χ1n) is 9.22. The summed E-state index contributed by atoms with van der Waals surface area (Å²) < 4.78 is 18.1. The molecule has 2 bridgehead atoms. The molecule has 3 fully saturated rings. The van der Waals surface area contributed by atoms with Crippen molar-refractivity contribution in [1.82, 2.24) is 0 Å². The van der Waals surface area contributed by atoms with E-state index < -0.39 is 0 Å². The maximum atomic E-state index is 12.5. The predicted molar refractivity (Wildman–Crippen MR) is 97.3 cm³/mol. The monoisotopic (exact) mass is 345 g/mol. The summed E-state index contributed by atoms with van der Waals surface area (Å²) in [5.74, 6) is 1.07. The zero-order valence-corrected chi connectivity index (χ0v) is 15.0. The van der Waals surface area contributed by atoms with Gasteiger partial charge in [-0.2, -0.15) is 0 Å². The lowest BCUT2D eigenvalue weighted by Gasteiger charge is -2.53. The summed E-state index contributed by atoms with van der Waals surface area (Å²) in [6.07, 6.45) is 8.25. The number of carbonyl (C=O) groups is 1. The molecule has 136 valence electrons. The molecular weight excluding hydrogens is 317 g/mol. The first kappa shape index (κ1) is 18.1. The zero-order valence-electron chi connectivity index (χ0n) is 15.0. The molecule has 0 radical (unpaired) electrons. The van der Waals surface area contributed by atoms with Gasteiger partial charge in [-0.3, -0.25) is 0 Å². The second-order valence-corrected chi connectivity index (χ2v) is 7.94. The summed E-state index contributed by atoms with van der Waals surface area (Å²) in [6.45, 7) is 2.07. The van der Waals surface area contributed by atoms with Crippen LogP contribution in [0.2, 0.25) is 0 Å². The fourth-order valence-electron chi connectivity index (χ4n) is 4.71. The third kappa shape index (κ3) is 3.79. The molecule has 0 unspecified atom stereocenters. The quantitative estimate of drug-likeness (QED) is 0.794. The number of ketones is 1. The van der Waals surface area contributed by atoms with Gasteiger partial charge in [-0.15, -0.1) is 0 Å². The summed E-state index contributed by atoms with van der Waals surface area (Å²) in [4.78, 5) is 11.6. The number of hydrogen-bond donors (Lipinski definition) is 1. The molecule has 2 N–H and O–H groups in total. The number of fused-ring (bicyclic) bond motifs is 3. The zero-order chi connectivity index (χ0) is 17.9. The average molecular weight is 345 g/mol. The van der Waals surface area contributed by atoms with Crippen LogP contribution in [0.5, 0.6) is 5.75 Å². The lowest BCUT2D eigenvalue weighted by atomic mass is 9.51. The van der Waals surface area contributed by atoms with Crippen molar-refractivity contribution >= 4 is 5.78 Å². The van der Waals surface area contributed by atoms with Crippen LogP contribution in [-0.2, 0) is 10.2 Å². The second-order valence-electron chi connectivity index (χ2n) is 7.94. The Labute approximate surface area is 149 Å². The van der Waals surface area contributed by atoms with E-state index in [0.29, 0.717) is 17.7 Å². The first-order valence-corrected chi connectivity index (χ1v) is 9.22. The third-order valence-corrected chi connectivity index (χ3v) is 6.33. The Hall–Kier alpha value is -1.68. The fourth-order valence-corrected chi connectivity index (χ4v) is 4.71. The summed E-state index contributed by atoms with van der Waals surface area (Å²) in [7, 11) is 0. The normalized spacial score (nSPS) is 28.8. The summed E-state index contributed by atoms with van der Waals surface area (Å²) in [6, 6.07) is 8.25. The molecule has 0 atom stereocenters. The Bertz CT molecular complexity index is 626. The molecule has 3 saturated carbocycles. The van der Waals surface area contributed by atoms with E-state index in [1.54, 1.807) is 6.92 Å². The first-order chi connectivity index (χ1) is 12.0. The van der Waals surface area contributed by atoms with Gasteiger partial charge in [-0.1, -0.05) is 12.1 Å². The molecule has 0 saturated heterocycles. The highest BCUT2D eigenvalue weighted by molar-refractivity contribution is 5.76. The average Bonchev–Trinajstić information content (AvgIpc) is 2.64. The number of Topliss-reactive ketones (excluding diaryl/α,β-unsaturated/α-hetero) is 1. The molecule has 3 aliphatic rings. The molecule has 1 aromatic carbocycles. The van der Waals surface area contributed by atoms with Gasteiger partial charge in [0.15, 0.2) is 0 Å². The Kier molecular flexibility index (Phi) is 5.28. The summed E-state index contributed by atoms with van der Waals surface area (Å²) in [5, 5.41) is 0. The van der Waals surface area contributed by atoms with Crippen molar-refractivity contribution in [1.29, 1.82) is 0 Å². The number of ether oxygens (including phenoxy) is 1. The summed E-state index contributed by atoms with van der Waals surface area (Å²) in [5.41, 5.74) is 7.79. The van der Waals surface area contributed by atoms with E-state index in [9.17, 15) is 9.18 Å². The van der Waals surface area contributed by atoms with Crippen molar-refractivity contribution < 1.29 is 13.9 Å². The maximum Gasteiger partial charge on any atom is 0.130 e. The highest BCUT2D eigenvalue weighted by atomic mass is 19.1. The molecule has 3 aliphatic carbocycles. The van der Waals surface area contributed by atoms with Gasteiger partial charge in [0.2, 0.25) is 0 Å². The molecule has 0 aliphatic heterocycles. The van der Waals surface area contributed by atoms with Crippen molar-refractivity contribution in [2.45, 2.75) is 57.3 Å². The van der Waals surface area contributed by atoms with Gasteiger partial charge in [0.1, 0.15) is 18.1 Å². The SMILES string of the molecule is CC(=O)CC12CCC(c3ccc(OC/C(=C/F)CN)cc3)(CC1)CC2. The largest absolute Gasteiger partial charge is 0.489 e. The molecule has 0 amide bonds. The van der Waals surface area contributed by atoms with E-state index in [4.69, 9.17) is 10.5 Å². The van der Waals surface area contributed by atoms with Gasteiger partial charge < -0.3 is 15.3 Å². The molecule has 0 heterocycles. The molecule has 0 aromatic heterocycles. The number of halogens is 1. The number of nitrogens with two attached hydrogens (primary N) is 1. The second kappa shape index (κ2) is 7.28. The van der Waals surface area contributed by atoms with Crippen LogP contribution in [0, 0.1) is 5.41 Å². The Morgan fingerprint density at radius 1 is 1.16 bits per heavy atom. The Morgan fingerprint density at radius 3 is 2.24 bits per heavy atom. The van der Waals surface area contributed by atoms with Gasteiger partial charge >= 0.3 is 0 Å². The predicted octanol–water partition coefficient (Wildman–Crippen LogP) is 4.45. The van der Waals surface area contributed by atoms with Crippen LogP contribution in [0.4, 0.5) is 4.39 Å². The van der Waals surface area contributed by atoms with Crippen LogP contribution in [0.1, 0.15) is 57.4 Å². The van der Waals surface area contributed by atoms with Crippen molar-refractivity contribution in [3.63, 3.8) is 0 Å². The highest BCUT2D eigenvalue weighted by Crippen LogP contribution is 2.59. The lowest BCUT2D eigenvalue weighted by Crippen LogP contribution is -2.44. The maximum absolute atomic E-state index is 12.5. The highest BCUT2D eigenvalue weighted by Gasteiger charge is 2.49. The van der Waals surface area contributed by atoms with Crippen molar-refractivity contribution in [3.05, 3.63) is 41.7 Å². The number of carbonyl (C=O) groups excluding carboxylic acids is 1. The van der Waals surface area contributed by atoms with Gasteiger partial charge in [-0.25, -0.2) is 4.39 Å². The molecular formula is C21H28FNO2. The molecule has 4 rings (SSSR count). The van der Waals surface area contributed by atoms with Gasteiger partial charge in [0, 0.05) is 18.5 Å². The van der Waals surface area contributed by atoms with Crippen LogP contribution in [0.15, 0.2) is 36.2 Å². The van der Waals surface area contributed by atoms with Crippen LogP contribution in [-0.4, -0.2) is 18.9 Å². The summed E-state index contributed by atoms with van der Waals surface area (Å²) >= 11 is 0. The minimum atomic E-state index is 0.166. The number of benzene rings is 1. The number of rotatable bonds is 7. The standard InChI is InChI=1S/C21H28FNO2/c1-16(24)12-20-6-9-21(10-7-20,11-8-20)18-2-4-19(5-3-18)25-15-17(13-22)14-23/h2-5,13H,6-12,14-15,23H2,1H3/b17-13+. The van der Waals surface area contributed by atoms with Crippen LogP contribution in [0.3, 0.4) is 0 Å². The smallest absolute Gasteiger partial charge is 0.130 e. The van der Waals surface area contributed by atoms with Crippen molar-refractivity contribution in [2.75, 3.05) is 13.2 Å². The van der Waals surface area contributed by atoms with E-state index >= 15 is 0 Å². The molecule has 25 heavy (non-hydrogen) atoms. The van der Waals surface area contributed by atoms with Crippen LogP contribution >= 0.6 is 0 Å². The van der Waals surface area contributed by atoms with Crippen LogP contribution in [0.25, 0.3) is 0 Å². The topological polar surface area (TPSA) is 52.3 Å². The van der Waals surface area contributed by atoms with E-state index in [-0.39, 0.29) is 24.0 Å². The van der Waals surface area contributed by atoms with Crippen molar-refractivity contribution in [3.8, 4) is 5.75 Å². The van der Waals surface area contributed by atoms with E-state index in [0.717, 1.165) is 31.4 Å². The minimum absolute atomic E-state index is 0.166. The van der Waals surface area contributed by atoms with E-state index in [2.05, 4.69) is 12.1 Å². The molecule has 0 spiro atoms. The van der Waals surface area contributed by atoms with Crippen LogP contribution < -0.4 is 10.5 Å². The minimum Gasteiger partial charge on any atom is -0.489 e. The van der Waals surface area contributed by atoms with Gasteiger partial charge in [0.05, 0.1) is 6.33 Å². The third-order valence-electron chi connectivity index (χ3n) is 6.33. The Balaban J connectivity index is 1.65. The van der Waals surface area contributed by atoms with Gasteiger partial charge in [0.25, 0.3) is 0 Å². The van der Waals surface area contributed by atoms with Gasteiger partial charge in [-0.05, 0) is 74.0 Å². The molecule has 4 heteroatoms. The van der Waals surface area contributed by atoms with E-state index in [1.165, 1.54) is 24.8 Å². The lowest BCUT2D eigenvalue weighted by molar-refractivity contribution is -0.121. The molecule has 1 aromatic rings. The Morgan fingerprint density at radius 2 is 1.76 bits per heavy atom. The van der Waals surface area contributed by atoms with E-state index in [1.807, 2.05) is 12.1 Å². The number of hydrogen-bond acceptors (Lipinski definition) is 3.